The van der Waals surface area contributed by atoms with Crippen molar-refractivity contribution in [2.75, 3.05) is 0 Å². The summed E-state index contributed by atoms with van der Waals surface area (Å²) in [5, 5.41) is 0. The van der Waals surface area contributed by atoms with Crippen LogP contribution in [0.4, 0.5) is 0 Å². The average Bonchev–Trinajstić information content (AvgIpc) is 1.77. The third kappa shape index (κ3) is 179. The Kier molecular flexibility index (Phi) is 19.3. The van der Waals surface area contributed by atoms with E-state index in [0.29, 0.717) is 0 Å². The van der Waals surface area contributed by atoms with Crippen LogP contribution in [0.15, 0.2) is 0 Å². The summed E-state index contributed by atoms with van der Waals surface area (Å²) in [6, 6.07) is 0. The minimum atomic E-state index is -4.09. The van der Waals surface area contributed by atoms with Crippen molar-refractivity contribution >= 4 is 44.9 Å². The molecule has 0 aliphatic rings. The first kappa shape index (κ1) is 27.5. The summed E-state index contributed by atoms with van der Waals surface area (Å²) in [7, 11) is -4.09. The second kappa shape index (κ2) is 11.9. The van der Waals surface area contributed by atoms with Gasteiger partial charge in [0.25, 0.3) is 0 Å². The van der Waals surface area contributed by atoms with Crippen LogP contribution in [-0.4, -0.2) is 42.3 Å². The molecule has 0 atom stereocenters. The SMILES string of the molecule is OP(O)(O)=S.OP(O)(O)=S.[Mo].[O]=[Mo][S](=O)(=O)O. The molecule has 7 N–H and O–H groups in total. The molecule has 0 rings (SSSR count). The van der Waals surface area contributed by atoms with Gasteiger partial charge in [-0.3, -0.25) is 0 Å². The Bertz CT molecular complexity index is 326. The number of hydrogen-bond acceptors (Lipinski definition) is 5. The molecule has 0 aromatic heterocycles. The zero-order chi connectivity index (χ0) is 14.2. The van der Waals surface area contributed by atoms with Crippen molar-refractivity contribution in [1.29, 1.82) is 0 Å². The topological polar surface area (TPSA) is 193 Å². The van der Waals surface area contributed by atoms with Gasteiger partial charge < -0.3 is 29.4 Å². The quantitative estimate of drug-likeness (QED) is 0.111. The van der Waals surface area contributed by atoms with Crippen LogP contribution < -0.4 is 0 Å². The molecule has 0 aromatic carbocycles. The van der Waals surface area contributed by atoms with Crippen molar-refractivity contribution in [1.82, 2.24) is 0 Å². The van der Waals surface area contributed by atoms with E-state index >= 15 is 0 Å². The molecule has 0 saturated carbocycles. The summed E-state index contributed by atoms with van der Waals surface area (Å²) in [5.74, 6) is 0. The van der Waals surface area contributed by atoms with Gasteiger partial charge in [0.15, 0.2) is 0 Å². The van der Waals surface area contributed by atoms with Crippen molar-refractivity contribution in [2.24, 2.45) is 0 Å². The van der Waals surface area contributed by atoms with E-state index in [2.05, 4.69) is 23.6 Å². The molecule has 0 aliphatic carbocycles. The first-order chi connectivity index (χ1) is 6.56. The minimum absolute atomic E-state index is 0. The normalized spacial score (nSPS) is 10.8. The standard InChI is InChI=1S/2Mo.2H3O3PS.HO3S.O/c;;2*1-4(2,3)5;1-4(2)3;/h;;2*(H3,1,2,3,5);(H,1,2,3);. The molecule has 0 aliphatic heterocycles. The molecule has 0 amide bonds. The maximum absolute atomic E-state index is 9.30. The van der Waals surface area contributed by atoms with Gasteiger partial charge in [0.05, 0.1) is 0 Å². The second-order valence-electron chi connectivity index (χ2n) is 1.52. The molecule has 0 bridgehead atoms. The van der Waals surface area contributed by atoms with Crippen LogP contribution in [0, 0.1) is 0 Å². The Morgan fingerprint density at radius 1 is 0.882 bits per heavy atom. The third-order valence-corrected chi connectivity index (χ3v) is 1.53. The molecule has 17 heavy (non-hydrogen) atoms. The van der Waals surface area contributed by atoms with Crippen molar-refractivity contribution in [3.63, 3.8) is 0 Å². The van der Waals surface area contributed by atoms with E-state index in [4.69, 9.17) is 33.9 Å². The van der Waals surface area contributed by atoms with Gasteiger partial charge in [0, 0.05) is 21.1 Å². The van der Waals surface area contributed by atoms with E-state index in [-0.39, 0.29) is 21.1 Å². The Morgan fingerprint density at radius 2 is 0.941 bits per heavy atom. The van der Waals surface area contributed by atoms with Crippen molar-refractivity contribution in [3.05, 3.63) is 0 Å². The van der Waals surface area contributed by atoms with Crippen LogP contribution in [0.1, 0.15) is 0 Å². The predicted octanol–water partition coefficient (Wildman–Crippen LogP) is -2.41. The molecular formula is H7Mo2O10P2S3. The van der Waals surface area contributed by atoms with Crippen LogP contribution in [0.25, 0.3) is 0 Å². The van der Waals surface area contributed by atoms with E-state index < -0.39 is 38.5 Å². The van der Waals surface area contributed by atoms with Crippen molar-refractivity contribution in [2.45, 2.75) is 0 Å². The molecule has 0 spiro atoms. The average molecular weight is 517 g/mol. The van der Waals surface area contributed by atoms with Crippen molar-refractivity contribution < 1.29 is 84.0 Å². The van der Waals surface area contributed by atoms with Crippen LogP contribution in [0.5, 0.6) is 0 Å². The predicted molar refractivity (Wildman–Crippen MR) is 54.1 cm³/mol. The molecule has 0 unspecified atom stereocenters. The zero-order valence-electron chi connectivity index (χ0n) is 7.29. The van der Waals surface area contributed by atoms with Crippen LogP contribution in [0.3, 0.4) is 0 Å². The van der Waals surface area contributed by atoms with Gasteiger partial charge >= 0.3 is 54.9 Å². The monoisotopic (exact) mass is 521 g/mol. The Morgan fingerprint density at radius 3 is 0.941 bits per heavy atom. The number of hydrogen-bond donors (Lipinski definition) is 7. The Hall–Kier alpha value is 2.15. The number of rotatable bonds is 1. The van der Waals surface area contributed by atoms with Crippen LogP contribution in [-0.2, 0) is 73.1 Å². The third-order valence-electron chi connectivity index (χ3n) is 0.0860. The molecule has 0 fully saturated rings. The second-order valence-corrected chi connectivity index (χ2v) is 11.6. The summed E-state index contributed by atoms with van der Waals surface area (Å²) in [6.45, 7) is -7.61. The molecular weight excluding hydrogens is 510 g/mol. The molecule has 0 heterocycles. The maximum atomic E-state index is 9.30. The molecule has 0 aromatic rings. The van der Waals surface area contributed by atoms with Crippen molar-refractivity contribution in [3.8, 4) is 0 Å². The van der Waals surface area contributed by atoms with Gasteiger partial charge in [-0.1, -0.05) is 0 Å². The van der Waals surface area contributed by atoms with Crippen LogP contribution in [0.2, 0.25) is 0 Å². The van der Waals surface area contributed by atoms with E-state index in [9.17, 15) is 11.8 Å². The van der Waals surface area contributed by atoms with Gasteiger partial charge in [-0.05, 0) is 23.6 Å². The van der Waals surface area contributed by atoms with Gasteiger partial charge in [0.2, 0.25) is 0 Å². The first-order valence-corrected chi connectivity index (χ1v) is 12.4. The van der Waals surface area contributed by atoms with Gasteiger partial charge in [-0.25, -0.2) is 0 Å². The molecule has 0 radical (unpaired) electrons. The van der Waals surface area contributed by atoms with Gasteiger partial charge in [-0.2, -0.15) is 0 Å². The molecule has 107 valence electrons. The zero-order valence-corrected chi connectivity index (χ0v) is 15.5. The Labute approximate surface area is 128 Å². The fourth-order valence-corrected chi connectivity index (χ4v) is 0. The van der Waals surface area contributed by atoms with E-state index in [0.717, 1.165) is 0 Å². The van der Waals surface area contributed by atoms with Crippen LogP contribution >= 0.6 is 13.4 Å². The van der Waals surface area contributed by atoms with Gasteiger partial charge in [0.1, 0.15) is 0 Å². The fraction of sp³-hybridized carbons (Fsp3) is 0. The van der Waals surface area contributed by atoms with E-state index in [1.807, 2.05) is 0 Å². The van der Waals surface area contributed by atoms with Gasteiger partial charge in [-0.15, -0.1) is 0 Å². The summed E-state index contributed by atoms with van der Waals surface area (Å²) in [4.78, 5) is 45.3. The Balaban J connectivity index is -0.0000000729. The summed E-state index contributed by atoms with van der Waals surface area (Å²) in [5.41, 5.74) is 0. The van der Waals surface area contributed by atoms with E-state index in [1.165, 1.54) is 0 Å². The molecule has 17 heteroatoms. The molecule has 10 nitrogen and oxygen atoms in total. The summed E-state index contributed by atoms with van der Waals surface area (Å²) < 4.78 is 35.4. The summed E-state index contributed by atoms with van der Waals surface area (Å²) in [6.07, 6.45) is 0. The summed E-state index contributed by atoms with van der Waals surface area (Å²) >= 11 is 4.80. The fourth-order valence-electron chi connectivity index (χ4n) is 0. The van der Waals surface area contributed by atoms with E-state index in [1.54, 1.807) is 0 Å². The molecule has 0 saturated heterocycles. The first-order valence-electron chi connectivity index (χ1n) is 2.41.